The Hall–Kier alpha value is -5.25. The van der Waals surface area contributed by atoms with Gasteiger partial charge in [-0.2, -0.15) is 0 Å². The number of hydrogen-bond donors (Lipinski definition) is 0. The summed E-state index contributed by atoms with van der Waals surface area (Å²) in [5, 5.41) is 8.30. The van der Waals surface area contributed by atoms with E-state index in [0.717, 1.165) is 36.8 Å². The van der Waals surface area contributed by atoms with E-state index in [-0.39, 0.29) is 17.9 Å². The molecule has 4 rings (SSSR count). The lowest BCUT2D eigenvalue weighted by Crippen LogP contribution is -2.15. The number of unbranched alkanes of at least 4 members (excludes halogenated alkanes) is 2. The van der Waals surface area contributed by atoms with E-state index in [1.54, 1.807) is 54.6 Å². The van der Waals surface area contributed by atoms with Crippen molar-refractivity contribution < 1.29 is 37.7 Å². The fourth-order valence-electron chi connectivity index (χ4n) is 4.12. The van der Waals surface area contributed by atoms with Crippen LogP contribution in [0, 0.1) is 5.92 Å². The molecule has 0 saturated heterocycles. The molecule has 3 aromatic carbocycles. The highest BCUT2D eigenvalue weighted by atomic mass is 16.5. The van der Waals surface area contributed by atoms with Gasteiger partial charge < -0.3 is 23.4 Å². The molecule has 0 N–H and O–H groups in total. The summed E-state index contributed by atoms with van der Waals surface area (Å²) < 4.78 is 27.5. The van der Waals surface area contributed by atoms with Crippen molar-refractivity contribution in [1.82, 2.24) is 10.2 Å². The lowest BCUT2D eigenvalue weighted by atomic mass is 10.1. The van der Waals surface area contributed by atoms with Crippen molar-refractivity contribution in [3.63, 3.8) is 0 Å². The van der Waals surface area contributed by atoms with Crippen LogP contribution in [0.25, 0.3) is 29.0 Å². The number of carbonyl (C=O) groups excluding carboxylic acids is 3. The van der Waals surface area contributed by atoms with Crippen LogP contribution in [0.3, 0.4) is 0 Å². The Balaban J connectivity index is 1.22. The third-order valence-electron chi connectivity index (χ3n) is 7.21. The first-order valence-electron chi connectivity index (χ1n) is 15.9. The van der Waals surface area contributed by atoms with Crippen LogP contribution < -0.4 is 9.47 Å². The van der Waals surface area contributed by atoms with E-state index in [9.17, 15) is 14.4 Å². The van der Waals surface area contributed by atoms with Gasteiger partial charge in [0, 0.05) is 17.2 Å². The maximum absolute atomic E-state index is 12.7. The van der Waals surface area contributed by atoms with Crippen LogP contribution >= 0.6 is 0 Å². The van der Waals surface area contributed by atoms with Crippen molar-refractivity contribution >= 4 is 24.0 Å². The van der Waals surface area contributed by atoms with Crippen molar-refractivity contribution in [3.8, 4) is 34.4 Å². The SMILES string of the molecule is CCCCOC(=O)C=Cc1ccc(-c2nnc(-c3ccc(OC(=O)c4ccc(OCCCCOC(=O)C(C)CC)cc4)cc3)o2)cc1. The molecule has 0 aliphatic heterocycles. The summed E-state index contributed by atoms with van der Waals surface area (Å²) in [7, 11) is 0. The first kappa shape index (κ1) is 34.6. The van der Waals surface area contributed by atoms with Gasteiger partial charge in [-0.3, -0.25) is 4.79 Å². The first-order valence-corrected chi connectivity index (χ1v) is 15.9. The maximum atomic E-state index is 12.7. The Bertz CT molecular complexity index is 1610. The van der Waals surface area contributed by atoms with Crippen molar-refractivity contribution in [2.75, 3.05) is 19.8 Å². The van der Waals surface area contributed by atoms with Crippen LogP contribution in [0.2, 0.25) is 0 Å². The van der Waals surface area contributed by atoms with Crippen LogP contribution in [-0.4, -0.2) is 47.9 Å². The lowest BCUT2D eigenvalue weighted by molar-refractivity contribution is -0.148. The van der Waals surface area contributed by atoms with Gasteiger partial charge in [0.05, 0.1) is 31.3 Å². The van der Waals surface area contributed by atoms with Crippen LogP contribution in [0.4, 0.5) is 0 Å². The lowest BCUT2D eigenvalue weighted by Gasteiger charge is -2.10. The molecule has 1 atom stereocenters. The number of nitrogens with zero attached hydrogens (tertiary/aromatic N) is 2. The van der Waals surface area contributed by atoms with Gasteiger partial charge in [0.2, 0.25) is 11.8 Å². The molecule has 0 amide bonds. The number of ether oxygens (including phenoxy) is 4. The van der Waals surface area contributed by atoms with E-state index in [4.69, 9.17) is 23.4 Å². The predicted molar refractivity (Wildman–Crippen MR) is 177 cm³/mol. The summed E-state index contributed by atoms with van der Waals surface area (Å²) in [5.41, 5.74) is 2.61. The average Bonchev–Trinajstić information content (AvgIpc) is 3.60. The molecule has 1 heterocycles. The third kappa shape index (κ3) is 11.0. The highest BCUT2D eigenvalue weighted by molar-refractivity contribution is 5.91. The molecule has 0 spiro atoms. The van der Waals surface area contributed by atoms with Crippen LogP contribution in [0.1, 0.15) is 68.8 Å². The number of rotatable bonds is 17. The molecule has 10 heteroatoms. The number of hydrogen-bond acceptors (Lipinski definition) is 10. The zero-order valence-electron chi connectivity index (χ0n) is 27.0. The topological polar surface area (TPSA) is 127 Å². The second-order valence-electron chi connectivity index (χ2n) is 10.9. The quantitative estimate of drug-likeness (QED) is 0.0490. The van der Waals surface area contributed by atoms with Crippen molar-refractivity contribution in [3.05, 3.63) is 90.0 Å². The summed E-state index contributed by atoms with van der Waals surface area (Å²) in [5.74, 6) is 0.550. The standard InChI is InChI=1S/C37H40N2O8/c1-4-6-23-44-33(40)22-11-27-9-12-28(13-10-27)34-38-39-35(47-34)29-14-20-32(21-15-29)46-37(42)30-16-18-31(19-17-30)43-24-7-8-25-45-36(41)26(3)5-2/h9-22,26H,4-8,23-25H2,1-3H3. The van der Waals surface area contributed by atoms with E-state index in [0.29, 0.717) is 60.6 Å². The van der Waals surface area contributed by atoms with E-state index in [1.807, 2.05) is 45.0 Å². The second-order valence-corrected chi connectivity index (χ2v) is 10.9. The highest BCUT2D eigenvalue weighted by Gasteiger charge is 2.14. The fourth-order valence-corrected chi connectivity index (χ4v) is 4.12. The van der Waals surface area contributed by atoms with Gasteiger partial charge in [0.25, 0.3) is 0 Å². The van der Waals surface area contributed by atoms with Crippen LogP contribution in [0.5, 0.6) is 11.5 Å². The molecule has 4 aromatic rings. The molecule has 1 unspecified atom stereocenters. The van der Waals surface area contributed by atoms with E-state index in [2.05, 4.69) is 10.2 Å². The number of aromatic nitrogens is 2. The Labute approximate surface area is 274 Å². The van der Waals surface area contributed by atoms with Gasteiger partial charge in [-0.05, 0) is 98.0 Å². The molecule has 0 radical (unpaired) electrons. The summed E-state index contributed by atoms with van der Waals surface area (Å²) >= 11 is 0. The van der Waals surface area contributed by atoms with Crippen molar-refractivity contribution in [2.45, 2.75) is 52.9 Å². The Morgan fingerprint density at radius 2 is 1.34 bits per heavy atom. The van der Waals surface area contributed by atoms with Crippen LogP contribution in [0.15, 0.2) is 83.3 Å². The van der Waals surface area contributed by atoms with Gasteiger partial charge in [0.15, 0.2) is 0 Å². The second kappa shape index (κ2) is 18.0. The van der Waals surface area contributed by atoms with E-state index in [1.165, 1.54) is 6.08 Å². The third-order valence-corrected chi connectivity index (χ3v) is 7.21. The van der Waals surface area contributed by atoms with Gasteiger partial charge in [0.1, 0.15) is 11.5 Å². The molecule has 0 aliphatic carbocycles. The highest BCUT2D eigenvalue weighted by Crippen LogP contribution is 2.26. The van der Waals surface area contributed by atoms with Crippen molar-refractivity contribution in [1.29, 1.82) is 0 Å². The molecule has 0 saturated carbocycles. The normalized spacial score (nSPS) is 11.6. The summed E-state index contributed by atoms with van der Waals surface area (Å²) in [6.07, 6.45) is 7.12. The van der Waals surface area contributed by atoms with Crippen molar-refractivity contribution in [2.24, 2.45) is 5.92 Å². The van der Waals surface area contributed by atoms with Crippen LogP contribution in [-0.2, 0) is 19.1 Å². The van der Waals surface area contributed by atoms with E-state index < -0.39 is 5.97 Å². The summed E-state index contributed by atoms with van der Waals surface area (Å²) in [4.78, 5) is 36.1. The minimum absolute atomic E-state index is 0.0807. The molecule has 0 fully saturated rings. The molecule has 1 aromatic heterocycles. The molecular weight excluding hydrogens is 600 g/mol. The molecule has 47 heavy (non-hydrogen) atoms. The largest absolute Gasteiger partial charge is 0.494 e. The molecule has 0 aliphatic rings. The number of esters is 3. The minimum Gasteiger partial charge on any atom is -0.494 e. The van der Waals surface area contributed by atoms with E-state index >= 15 is 0 Å². The Kier molecular flexibility index (Phi) is 13.3. The van der Waals surface area contributed by atoms with Gasteiger partial charge >= 0.3 is 17.9 Å². The van der Waals surface area contributed by atoms with Gasteiger partial charge in [-0.15, -0.1) is 10.2 Å². The van der Waals surface area contributed by atoms with Gasteiger partial charge in [-0.1, -0.05) is 39.3 Å². The zero-order chi connectivity index (χ0) is 33.4. The maximum Gasteiger partial charge on any atom is 0.343 e. The fraction of sp³-hybridized carbons (Fsp3) is 0.324. The summed E-state index contributed by atoms with van der Waals surface area (Å²) in [6, 6.07) is 20.8. The number of benzene rings is 3. The Morgan fingerprint density at radius 3 is 1.98 bits per heavy atom. The minimum atomic E-state index is -0.501. The predicted octanol–water partition coefficient (Wildman–Crippen LogP) is 7.73. The zero-order valence-corrected chi connectivity index (χ0v) is 27.0. The average molecular weight is 641 g/mol. The monoisotopic (exact) mass is 640 g/mol. The summed E-state index contributed by atoms with van der Waals surface area (Å²) in [6.45, 7) is 7.12. The first-order chi connectivity index (χ1) is 22.9. The smallest absolute Gasteiger partial charge is 0.343 e. The Morgan fingerprint density at radius 1 is 0.745 bits per heavy atom. The molecule has 10 nitrogen and oxygen atoms in total. The van der Waals surface area contributed by atoms with Gasteiger partial charge in [-0.25, -0.2) is 9.59 Å². The molecular formula is C37H40N2O8. The molecule has 246 valence electrons. The molecule has 0 bridgehead atoms. The number of carbonyl (C=O) groups is 3.